The average molecular weight is 383 g/mol. The van der Waals surface area contributed by atoms with Gasteiger partial charge in [0.25, 0.3) is 0 Å². The maximum absolute atomic E-state index is 10.2. The molecule has 3 heterocycles. The van der Waals surface area contributed by atoms with Gasteiger partial charge in [-0.25, -0.2) is 4.98 Å². The van der Waals surface area contributed by atoms with Gasteiger partial charge in [0, 0.05) is 41.0 Å². The molecule has 1 aliphatic carbocycles. The molecule has 0 amide bonds. The predicted molar refractivity (Wildman–Crippen MR) is 108 cm³/mol. The summed E-state index contributed by atoms with van der Waals surface area (Å²) in [4.78, 5) is 7.25. The largest absolute Gasteiger partial charge is 0.391 e. The molecule has 1 atom stereocenters. The van der Waals surface area contributed by atoms with Crippen LogP contribution in [0, 0.1) is 0 Å². The Hall–Kier alpha value is -2.11. The molecule has 1 aromatic carbocycles. The normalized spacial score (nSPS) is 20.1. The van der Waals surface area contributed by atoms with Gasteiger partial charge in [-0.15, -0.1) is 0 Å². The van der Waals surface area contributed by atoms with Crippen LogP contribution in [0.1, 0.15) is 36.9 Å². The van der Waals surface area contributed by atoms with Crippen molar-refractivity contribution in [3.63, 3.8) is 0 Å². The third kappa shape index (κ3) is 3.09. The first-order valence-electron chi connectivity index (χ1n) is 9.79. The molecule has 1 aliphatic heterocycles. The van der Waals surface area contributed by atoms with E-state index >= 15 is 0 Å². The summed E-state index contributed by atoms with van der Waals surface area (Å²) in [5.74, 6) is 1.13. The molecular weight excluding hydrogens is 360 g/mol. The van der Waals surface area contributed by atoms with Gasteiger partial charge in [0.05, 0.1) is 11.8 Å². The number of benzene rings is 1. The van der Waals surface area contributed by atoms with Gasteiger partial charge in [0.2, 0.25) is 0 Å². The average Bonchev–Trinajstić information content (AvgIpc) is 3.10. The Morgan fingerprint density at radius 3 is 2.70 bits per heavy atom. The van der Waals surface area contributed by atoms with E-state index in [1.165, 1.54) is 24.1 Å². The summed E-state index contributed by atoms with van der Waals surface area (Å²) in [7, 11) is 0. The lowest BCUT2D eigenvalue weighted by atomic mass is 9.95. The number of halogens is 1. The standard InChI is InChI=1S/C21H23ClN4O/c22-15-9-7-14(8-10-15)19-12-20-23-18-6-2-1-5-17(18)21(26(20)24-19)25-11-3-4-16(27)13-25/h7-10,12,16,27H,1-6,11,13H2. The number of aryl methyl sites for hydroxylation is 1. The van der Waals surface area contributed by atoms with Crippen molar-refractivity contribution in [2.75, 3.05) is 18.0 Å². The monoisotopic (exact) mass is 382 g/mol. The fourth-order valence-electron chi connectivity index (χ4n) is 4.36. The summed E-state index contributed by atoms with van der Waals surface area (Å²) >= 11 is 6.04. The molecule has 2 aliphatic rings. The zero-order chi connectivity index (χ0) is 18.4. The zero-order valence-corrected chi connectivity index (χ0v) is 16.0. The van der Waals surface area contributed by atoms with Crippen molar-refractivity contribution in [1.82, 2.24) is 14.6 Å². The smallest absolute Gasteiger partial charge is 0.158 e. The fraction of sp³-hybridized carbons (Fsp3) is 0.429. The van der Waals surface area contributed by atoms with E-state index in [9.17, 15) is 5.11 Å². The van der Waals surface area contributed by atoms with E-state index in [0.717, 1.165) is 60.0 Å². The molecule has 1 N–H and O–H groups in total. The Balaban J connectivity index is 1.68. The van der Waals surface area contributed by atoms with Gasteiger partial charge in [-0.05, 0) is 50.7 Å². The van der Waals surface area contributed by atoms with E-state index in [-0.39, 0.29) is 6.10 Å². The number of fused-ring (bicyclic) bond motifs is 2. The lowest BCUT2D eigenvalue weighted by Gasteiger charge is -2.34. The lowest BCUT2D eigenvalue weighted by molar-refractivity contribution is 0.153. The molecule has 1 saturated heterocycles. The molecule has 27 heavy (non-hydrogen) atoms. The number of anilines is 1. The summed E-state index contributed by atoms with van der Waals surface area (Å²) in [6, 6.07) is 9.83. The van der Waals surface area contributed by atoms with Crippen LogP contribution in [0.2, 0.25) is 5.02 Å². The molecule has 0 saturated carbocycles. The Kier molecular flexibility index (Phi) is 4.29. The van der Waals surface area contributed by atoms with E-state index in [2.05, 4.69) is 11.0 Å². The summed E-state index contributed by atoms with van der Waals surface area (Å²) < 4.78 is 1.99. The fourth-order valence-corrected chi connectivity index (χ4v) is 4.49. The quantitative estimate of drug-likeness (QED) is 0.730. The number of rotatable bonds is 2. The molecule has 0 radical (unpaired) electrons. The first-order chi connectivity index (χ1) is 13.2. The van der Waals surface area contributed by atoms with Crippen molar-refractivity contribution >= 4 is 23.1 Å². The number of aliphatic hydroxyl groups is 1. The number of β-amino-alcohol motifs (C(OH)–C–C–N with tert-alkyl or cyclic N) is 1. The van der Waals surface area contributed by atoms with Crippen LogP contribution in [0.4, 0.5) is 5.82 Å². The number of piperidine rings is 1. The minimum absolute atomic E-state index is 0.271. The van der Waals surface area contributed by atoms with Gasteiger partial charge in [-0.2, -0.15) is 9.61 Å². The van der Waals surface area contributed by atoms with Crippen LogP contribution in [0.5, 0.6) is 0 Å². The summed E-state index contributed by atoms with van der Waals surface area (Å²) in [5, 5.41) is 15.9. The van der Waals surface area contributed by atoms with Gasteiger partial charge >= 0.3 is 0 Å². The van der Waals surface area contributed by atoms with Crippen LogP contribution in [0.25, 0.3) is 16.9 Å². The van der Waals surface area contributed by atoms with Crippen LogP contribution in [0.3, 0.4) is 0 Å². The van der Waals surface area contributed by atoms with E-state index < -0.39 is 0 Å². The molecule has 5 rings (SSSR count). The molecule has 1 unspecified atom stereocenters. The zero-order valence-electron chi connectivity index (χ0n) is 15.2. The second-order valence-corrected chi connectivity index (χ2v) is 8.05. The SMILES string of the molecule is OC1CCCN(c2c3c(nc4cc(-c5ccc(Cl)cc5)nn24)CCCC3)C1. The molecular formula is C21H23ClN4O. The third-order valence-electron chi connectivity index (χ3n) is 5.69. The maximum Gasteiger partial charge on any atom is 0.158 e. The van der Waals surface area contributed by atoms with Crippen molar-refractivity contribution in [3.8, 4) is 11.3 Å². The van der Waals surface area contributed by atoms with E-state index in [0.29, 0.717) is 6.54 Å². The molecule has 140 valence electrons. The van der Waals surface area contributed by atoms with Gasteiger partial charge in [0.1, 0.15) is 5.82 Å². The highest BCUT2D eigenvalue weighted by atomic mass is 35.5. The number of aliphatic hydroxyl groups excluding tert-OH is 1. The predicted octanol–water partition coefficient (Wildman–Crippen LogP) is 3.89. The molecule has 6 heteroatoms. The Labute approximate surface area is 163 Å². The van der Waals surface area contributed by atoms with Gasteiger partial charge in [0.15, 0.2) is 5.65 Å². The summed E-state index contributed by atoms with van der Waals surface area (Å²) in [6.45, 7) is 1.63. The summed E-state index contributed by atoms with van der Waals surface area (Å²) in [6.07, 6.45) is 6.05. The Bertz CT molecular complexity index is 982. The van der Waals surface area contributed by atoms with Crippen molar-refractivity contribution in [3.05, 3.63) is 46.6 Å². The minimum Gasteiger partial charge on any atom is -0.391 e. The highest BCUT2D eigenvalue weighted by molar-refractivity contribution is 6.30. The third-order valence-corrected chi connectivity index (χ3v) is 5.94. The molecule has 3 aromatic rings. The van der Waals surface area contributed by atoms with E-state index in [4.69, 9.17) is 21.7 Å². The van der Waals surface area contributed by atoms with Gasteiger partial charge in [-0.1, -0.05) is 23.7 Å². The van der Waals surface area contributed by atoms with Crippen molar-refractivity contribution in [1.29, 1.82) is 0 Å². The highest BCUT2D eigenvalue weighted by Gasteiger charge is 2.27. The highest BCUT2D eigenvalue weighted by Crippen LogP contribution is 2.33. The second-order valence-electron chi connectivity index (χ2n) is 7.62. The maximum atomic E-state index is 10.2. The minimum atomic E-state index is -0.271. The second kappa shape index (κ2) is 6.80. The number of nitrogens with zero attached hydrogens (tertiary/aromatic N) is 4. The number of hydrogen-bond donors (Lipinski definition) is 1. The lowest BCUT2D eigenvalue weighted by Crippen LogP contribution is -2.40. The van der Waals surface area contributed by atoms with Crippen molar-refractivity contribution in [2.24, 2.45) is 0 Å². The molecule has 1 fully saturated rings. The first kappa shape index (κ1) is 17.0. The molecule has 0 bridgehead atoms. The van der Waals surface area contributed by atoms with Crippen molar-refractivity contribution < 1.29 is 5.11 Å². The van der Waals surface area contributed by atoms with Crippen LogP contribution in [0.15, 0.2) is 30.3 Å². The van der Waals surface area contributed by atoms with E-state index in [1.807, 2.05) is 28.8 Å². The molecule has 0 spiro atoms. The first-order valence-corrected chi connectivity index (χ1v) is 10.2. The van der Waals surface area contributed by atoms with Crippen LogP contribution < -0.4 is 4.90 Å². The number of aromatic nitrogens is 3. The van der Waals surface area contributed by atoms with Crippen LogP contribution >= 0.6 is 11.6 Å². The van der Waals surface area contributed by atoms with Crippen LogP contribution in [-0.4, -0.2) is 38.9 Å². The molecule has 2 aromatic heterocycles. The Morgan fingerprint density at radius 1 is 1.07 bits per heavy atom. The van der Waals surface area contributed by atoms with Crippen molar-refractivity contribution in [2.45, 2.75) is 44.6 Å². The van der Waals surface area contributed by atoms with Gasteiger partial charge in [-0.3, -0.25) is 0 Å². The molecule has 5 nitrogen and oxygen atoms in total. The topological polar surface area (TPSA) is 53.7 Å². The summed E-state index contributed by atoms with van der Waals surface area (Å²) in [5.41, 5.74) is 5.34. The Morgan fingerprint density at radius 2 is 1.89 bits per heavy atom. The van der Waals surface area contributed by atoms with E-state index in [1.54, 1.807) is 0 Å². The number of hydrogen-bond acceptors (Lipinski definition) is 4. The van der Waals surface area contributed by atoms with Crippen LogP contribution in [-0.2, 0) is 12.8 Å². The van der Waals surface area contributed by atoms with Gasteiger partial charge < -0.3 is 10.0 Å².